The Morgan fingerprint density at radius 3 is 2.41 bits per heavy atom. The van der Waals surface area contributed by atoms with Crippen LogP contribution in [-0.2, 0) is 14.3 Å². The van der Waals surface area contributed by atoms with Crippen LogP contribution in [0.2, 0.25) is 0 Å². The quantitative estimate of drug-likeness (QED) is 0.730. The first-order valence-electron chi connectivity index (χ1n) is 8.68. The summed E-state index contributed by atoms with van der Waals surface area (Å²) in [5, 5.41) is 1.06. The molecule has 8 nitrogen and oxygen atoms in total. The number of carbonyl (C=O) groups excluding carboxylic acids is 3. The average molecular weight is 373 g/mol. The summed E-state index contributed by atoms with van der Waals surface area (Å²) in [5.41, 5.74) is -0.443. The van der Waals surface area contributed by atoms with E-state index < -0.39 is 24.0 Å². The highest BCUT2D eigenvalue weighted by Gasteiger charge is 2.19. The molecule has 2 aromatic rings. The molecule has 2 amide bonds. The second kappa shape index (κ2) is 8.98. The molecule has 27 heavy (non-hydrogen) atoms. The summed E-state index contributed by atoms with van der Waals surface area (Å²) in [6.45, 7) is 4.22. The first-order chi connectivity index (χ1) is 12.9. The molecule has 0 radical (unpaired) electrons. The molecule has 1 heterocycles. The standard InChI is InChI=1S/C19H23N3O5/c1-4-22(5-2)16(23)11-21(3)17(24)12-27-19(26)15-10-13-8-6-7-9-14(13)18(25)20-15/h6-10H,4-5,11-12H2,1-3H3,(H,20,25). The predicted octanol–water partition coefficient (Wildman–Crippen LogP) is 1.01. The molecular weight excluding hydrogens is 350 g/mol. The van der Waals surface area contributed by atoms with Crippen molar-refractivity contribution in [3.63, 3.8) is 0 Å². The molecule has 0 aliphatic carbocycles. The number of rotatable bonds is 7. The molecule has 0 aliphatic heterocycles. The van der Waals surface area contributed by atoms with Crippen LogP contribution in [0.15, 0.2) is 35.1 Å². The number of pyridine rings is 1. The zero-order valence-corrected chi connectivity index (χ0v) is 15.7. The van der Waals surface area contributed by atoms with Crippen LogP contribution in [0.4, 0.5) is 0 Å². The highest BCUT2D eigenvalue weighted by Crippen LogP contribution is 2.10. The van der Waals surface area contributed by atoms with Gasteiger partial charge in [-0.15, -0.1) is 0 Å². The van der Waals surface area contributed by atoms with E-state index in [0.29, 0.717) is 23.9 Å². The Bertz CT molecular complexity index is 902. The Morgan fingerprint density at radius 2 is 1.74 bits per heavy atom. The summed E-state index contributed by atoms with van der Waals surface area (Å²) in [4.78, 5) is 53.6. The number of esters is 1. The number of aromatic amines is 1. The molecule has 2 rings (SSSR count). The van der Waals surface area contributed by atoms with Crippen LogP contribution >= 0.6 is 0 Å². The van der Waals surface area contributed by atoms with Gasteiger partial charge in [0, 0.05) is 25.5 Å². The maximum Gasteiger partial charge on any atom is 0.355 e. The molecule has 0 saturated heterocycles. The molecule has 0 spiro atoms. The molecular formula is C19H23N3O5. The minimum Gasteiger partial charge on any atom is -0.451 e. The van der Waals surface area contributed by atoms with E-state index in [4.69, 9.17) is 4.74 Å². The molecule has 0 unspecified atom stereocenters. The molecule has 144 valence electrons. The second-order valence-corrected chi connectivity index (χ2v) is 5.99. The van der Waals surface area contributed by atoms with Gasteiger partial charge in [0.2, 0.25) is 5.91 Å². The van der Waals surface area contributed by atoms with E-state index in [1.54, 1.807) is 29.2 Å². The van der Waals surface area contributed by atoms with Crippen molar-refractivity contribution >= 4 is 28.6 Å². The molecule has 0 fully saturated rings. The molecule has 8 heteroatoms. The number of nitrogens with one attached hydrogen (secondary N) is 1. The number of aromatic nitrogens is 1. The van der Waals surface area contributed by atoms with Gasteiger partial charge in [-0.3, -0.25) is 14.4 Å². The van der Waals surface area contributed by atoms with Gasteiger partial charge in [0.15, 0.2) is 6.61 Å². The van der Waals surface area contributed by atoms with Gasteiger partial charge >= 0.3 is 5.97 Å². The lowest BCUT2D eigenvalue weighted by molar-refractivity contribution is -0.140. The van der Waals surface area contributed by atoms with Crippen LogP contribution in [0.25, 0.3) is 10.8 Å². The highest BCUT2D eigenvalue weighted by atomic mass is 16.5. The van der Waals surface area contributed by atoms with Crippen molar-refractivity contribution < 1.29 is 19.1 Å². The number of amides is 2. The molecule has 1 N–H and O–H groups in total. The lowest BCUT2D eigenvalue weighted by atomic mass is 10.1. The summed E-state index contributed by atoms with van der Waals surface area (Å²) >= 11 is 0. The predicted molar refractivity (Wildman–Crippen MR) is 100 cm³/mol. The van der Waals surface area contributed by atoms with Crippen LogP contribution in [0.3, 0.4) is 0 Å². The Balaban J connectivity index is 1.97. The smallest absolute Gasteiger partial charge is 0.355 e. The largest absolute Gasteiger partial charge is 0.451 e. The monoisotopic (exact) mass is 373 g/mol. The number of H-pyrrole nitrogens is 1. The van der Waals surface area contributed by atoms with Crippen molar-refractivity contribution in [3.05, 3.63) is 46.4 Å². The van der Waals surface area contributed by atoms with E-state index in [2.05, 4.69) is 4.98 Å². The molecule has 0 aliphatic rings. The van der Waals surface area contributed by atoms with E-state index in [1.165, 1.54) is 18.0 Å². The molecule has 0 saturated carbocycles. The van der Waals surface area contributed by atoms with Gasteiger partial charge < -0.3 is 19.5 Å². The van der Waals surface area contributed by atoms with Crippen LogP contribution in [-0.4, -0.2) is 65.9 Å². The van der Waals surface area contributed by atoms with Gasteiger partial charge in [-0.2, -0.15) is 0 Å². The summed E-state index contributed by atoms with van der Waals surface area (Å²) in [5.74, 6) is -1.50. The van der Waals surface area contributed by atoms with Gasteiger partial charge in [0.25, 0.3) is 11.5 Å². The third-order valence-electron chi connectivity index (χ3n) is 4.21. The summed E-state index contributed by atoms with van der Waals surface area (Å²) in [6, 6.07) is 8.33. The molecule has 0 bridgehead atoms. The lowest BCUT2D eigenvalue weighted by Gasteiger charge is -2.23. The average Bonchev–Trinajstić information content (AvgIpc) is 2.66. The van der Waals surface area contributed by atoms with Crippen molar-refractivity contribution in [2.75, 3.05) is 33.3 Å². The van der Waals surface area contributed by atoms with Gasteiger partial charge in [-0.25, -0.2) is 4.79 Å². The number of carbonyl (C=O) groups is 3. The van der Waals surface area contributed by atoms with Crippen LogP contribution in [0, 0.1) is 0 Å². The van der Waals surface area contributed by atoms with Crippen molar-refractivity contribution in [1.29, 1.82) is 0 Å². The highest BCUT2D eigenvalue weighted by molar-refractivity contribution is 5.94. The number of nitrogens with zero attached hydrogens (tertiary/aromatic N) is 2. The number of likely N-dealkylation sites (N-methyl/N-ethyl adjacent to an activating group) is 2. The summed E-state index contributed by atoms with van der Waals surface area (Å²) in [7, 11) is 1.47. The van der Waals surface area contributed by atoms with E-state index in [1.807, 2.05) is 13.8 Å². The van der Waals surface area contributed by atoms with Gasteiger partial charge in [-0.1, -0.05) is 18.2 Å². The number of hydrogen-bond acceptors (Lipinski definition) is 5. The minimum absolute atomic E-state index is 0.0339. The number of fused-ring (bicyclic) bond motifs is 1. The Labute approximate surface area is 156 Å². The van der Waals surface area contributed by atoms with Crippen LogP contribution in [0.5, 0.6) is 0 Å². The van der Waals surface area contributed by atoms with Crippen molar-refractivity contribution in [1.82, 2.24) is 14.8 Å². The molecule has 1 aromatic heterocycles. The van der Waals surface area contributed by atoms with E-state index in [0.717, 1.165) is 0 Å². The molecule has 0 atom stereocenters. The van der Waals surface area contributed by atoms with Crippen molar-refractivity contribution in [3.8, 4) is 0 Å². The Kier molecular flexibility index (Phi) is 6.70. The Hall–Kier alpha value is -3.16. The van der Waals surface area contributed by atoms with E-state index >= 15 is 0 Å². The number of benzene rings is 1. The zero-order chi connectivity index (χ0) is 20.0. The van der Waals surface area contributed by atoms with Crippen molar-refractivity contribution in [2.24, 2.45) is 0 Å². The van der Waals surface area contributed by atoms with E-state index in [9.17, 15) is 19.2 Å². The Morgan fingerprint density at radius 1 is 1.07 bits per heavy atom. The summed E-state index contributed by atoms with van der Waals surface area (Å²) < 4.78 is 4.98. The first-order valence-corrected chi connectivity index (χ1v) is 8.68. The van der Waals surface area contributed by atoms with Crippen LogP contribution < -0.4 is 5.56 Å². The number of ether oxygens (including phenoxy) is 1. The maximum absolute atomic E-state index is 12.2. The SMILES string of the molecule is CCN(CC)C(=O)CN(C)C(=O)COC(=O)c1cc2ccccc2c(=O)[nH]1. The topological polar surface area (TPSA) is 99.8 Å². The fourth-order valence-corrected chi connectivity index (χ4v) is 2.60. The minimum atomic E-state index is -0.810. The number of hydrogen-bond donors (Lipinski definition) is 1. The lowest BCUT2D eigenvalue weighted by Crippen LogP contribution is -2.42. The van der Waals surface area contributed by atoms with Crippen LogP contribution in [0.1, 0.15) is 24.3 Å². The second-order valence-electron chi connectivity index (χ2n) is 5.99. The first kappa shape index (κ1) is 20.2. The van der Waals surface area contributed by atoms with Crippen molar-refractivity contribution in [2.45, 2.75) is 13.8 Å². The zero-order valence-electron chi connectivity index (χ0n) is 15.7. The maximum atomic E-state index is 12.2. The third-order valence-corrected chi connectivity index (χ3v) is 4.21. The van der Waals surface area contributed by atoms with Gasteiger partial charge in [0.05, 0.1) is 6.54 Å². The third kappa shape index (κ3) is 4.93. The fraction of sp³-hybridized carbons (Fsp3) is 0.368. The van der Waals surface area contributed by atoms with Gasteiger partial charge in [-0.05, 0) is 31.4 Å². The fourth-order valence-electron chi connectivity index (χ4n) is 2.60. The summed E-state index contributed by atoms with van der Waals surface area (Å²) in [6.07, 6.45) is 0. The van der Waals surface area contributed by atoms with E-state index in [-0.39, 0.29) is 18.1 Å². The molecule has 1 aromatic carbocycles. The normalized spacial score (nSPS) is 10.5. The van der Waals surface area contributed by atoms with Gasteiger partial charge in [0.1, 0.15) is 5.69 Å².